The van der Waals surface area contributed by atoms with E-state index in [0.717, 1.165) is 33.4 Å². The predicted molar refractivity (Wildman–Crippen MR) is 209 cm³/mol. The molecule has 0 aliphatic rings. The first kappa shape index (κ1) is 37.5. The van der Waals surface area contributed by atoms with Gasteiger partial charge < -0.3 is 19.7 Å². The first-order chi connectivity index (χ1) is 26.2. The molecule has 2 N–H and O–H groups in total. The standard InChI is InChI=1S/C45H41N3O6/c1-30(2)45(52)54-29-39(50)28-53-25-9-14-38(49)26-31-15-24-40(41(51)27-31)44-47-42(36-20-16-34(17-21-36)32-10-5-3-6-11-32)46-43(48-44)37-22-18-35(19-23-37)33-12-7-4-8-13-33/h3-8,10-13,15-24,27,39,50-51H,1,9,14,25-26,28-29H2,2H3. The van der Waals surface area contributed by atoms with Gasteiger partial charge in [0.2, 0.25) is 0 Å². The number of Topliss-reactive ketones (excluding diaryl/α,β-unsaturated/α-hetero) is 1. The fourth-order valence-electron chi connectivity index (χ4n) is 5.77. The second kappa shape index (κ2) is 18.0. The van der Waals surface area contributed by atoms with E-state index in [1.54, 1.807) is 18.2 Å². The molecule has 0 saturated carbocycles. The summed E-state index contributed by atoms with van der Waals surface area (Å²) in [5, 5.41) is 21.1. The third kappa shape index (κ3) is 9.97. The zero-order valence-electron chi connectivity index (χ0n) is 30.0. The van der Waals surface area contributed by atoms with Crippen molar-refractivity contribution in [1.29, 1.82) is 0 Å². The lowest BCUT2D eigenvalue weighted by Gasteiger charge is -2.12. The average molecular weight is 720 g/mol. The summed E-state index contributed by atoms with van der Waals surface area (Å²) in [5.41, 5.74) is 7.26. The molecule has 1 unspecified atom stereocenters. The van der Waals surface area contributed by atoms with E-state index in [4.69, 9.17) is 24.4 Å². The molecule has 1 aromatic heterocycles. The minimum Gasteiger partial charge on any atom is -0.507 e. The second-order valence-electron chi connectivity index (χ2n) is 13.0. The Hall–Kier alpha value is -6.29. The first-order valence-electron chi connectivity index (χ1n) is 17.7. The molecule has 272 valence electrons. The van der Waals surface area contributed by atoms with Gasteiger partial charge in [0.25, 0.3) is 0 Å². The van der Waals surface area contributed by atoms with Crippen LogP contribution in [0.4, 0.5) is 0 Å². The summed E-state index contributed by atoms with van der Waals surface area (Å²) in [6.45, 7) is 5.06. The Balaban J connectivity index is 1.17. The van der Waals surface area contributed by atoms with Crippen molar-refractivity contribution in [2.45, 2.75) is 32.3 Å². The Morgan fingerprint density at radius 1 is 0.667 bits per heavy atom. The van der Waals surface area contributed by atoms with Crippen LogP contribution < -0.4 is 0 Å². The van der Waals surface area contributed by atoms with Crippen LogP contribution in [0.3, 0.4) is 0 Å². The van der Waals surface area contributed by atoms with E-state index < -0.39 is 12.1 Å². The van der Waals surface area contributed by atoms with Crippen molar-refractivity contribution in [3.05, 3.63) is 145 Å². The Bertz CT molecular complexity index is 2100. The molecule has 6 rings (SSSR count). The molecular weight excluding hydrogens is 679 g/mol. The van der Waals surface area contributed by atoms with Crippen LogP contribution in [0.1, 0.15) is 25.3 Å². The summed E-state index contributed by atoms with van der Waals surface area (Å²) in [6, 6.07) is 41.4. The van der Waals surface area contributed by atoms with Crippen molar-refractivity contribution in [3.63, 3.8) is 0 Å². The van der Waals surface area contributed by atoms with E-state index in [1.807, 2.05) is 84.9 Å². The Morgan fingerprint density at radius 2 is 1.17 bits per heavy atom. The molecule has 9 heteroatoms. The zero-order valence-corrected chi connectivity index (χ0v) is 30.0. The highest BCUT2D eigenvalue weighted by Crippen LogP contribution is 2.32. The molecule has 1 atom stereocenters. The zero-order chi connectivity index (χ0) is 37.9. The molecule has 9 nitrogen and oxygen atoms in total. The molecule has 0 aliphatic heterocycles. The van der Waals surface area contributed by atoms with Gasteiger partial charge >= 0.3 is 5.97 Å². The summed E-state index contributed by atoms with van der Waals surface area (Å²) >= 11 is 0. The van der Waals surface area contributed by atoms with Crippen molar-refractivity contribution in [2.24, 2.45) is 0 Å². The smallest absolute Gasteiger partial charge is 0.333 e. The Kier molecular flexibility index (Phi) is 12.5. The normalized spacial score (nSPS) is 11.5. The van der Waals surface area contributed by atoms with Gasteiger partial charge in [-0.25, -0.2) is 19.7 Å². The molecule has 0 spiro atoms. The number of esters is 1. The topological polar surface area (TPSA) is 132 Å². The highest BCUT2D eigenvalue weighted by Gasteiger charge is 2.17. The molecule has 0 radical (unpaired) electrons. The fraction of sp³-hybridized carbons (Fsp3) is 0.178. The van der Waals surface area contributed by atoms with Crippen LogP contribution >= 0.6 is 0 Å². The minimum atomic E-state index is -0.970. The molecule has 5 aromatic carbocycles. The maximum atomic E-state index is 12.8. The number of ether oxygens (including phenoxy) is 2. The number of carbonyl (C=O) groups excluding carboxylic acids is 2. The first-order valence-corrected chi connectivity index (χ1v) is 17.7. The van der Waals surface area contributed by atoms with Crippen LogP contribution in [0.15, 0.2) is 140 Å². The van der Waals surface area contributed by atoms with Gasteiger partial charge in [0.05, 0.1) is 12.2 Å². The number of aliphatic hydroxyl groups is 1. The van der Waals surface area contributed by atoms with Crippen molar-refractivity contribution in [3.8, 4) is 62.2 Å². The predicted octanol–water partition coefficient (Wildman–Crippen LogP) is 8.30. The molecule has 1 heterocycles. The second-order valence-corrected chi connectivity index (χ2v) is 13.0. The van der Waals surface area contributed by atoms with Gasteiger partial charge in [-0.2, -0.15) is 0 Å². The number of phenols is 1. The monoisotopic (exact) mass is 719 g/mol. The Labute approximate surface area is 314 Å². The van der Waals surface area contributed by atoms with E-state index in [1.165, 1.54) is 6.92 Å². The number of hydrogen-bond donors (Lipinski definition) is 2. The molecule has 54 heavy (non-hydrogen) atoms. The molecule has 0 aliphatic carbocycles. The Morgan fingerprint density at radius 3 is 1.69 bits per heavy atom. The van der Waals surface area contributed by atoms with Crippen LogP contribution in [0.2, 0.25) is 0 Å². The van der Waals surface area contributed by atoms with Gasteiger partial charge in [-0.15, -0.1) is 0 Å². The maximum absolute atomic E-state index is 12.8. The number of carbonyl (C=O) groups is 2. The van der Waals surface area contributed by atoms with E-state index >= 15 is 0 Å². The number of aromatic nitrogens is 3. The van der Waals surface area contributed by atoms with Crippen LogP contribution in [0.25, 0.3) is 56.4 Å². The largest absolute Gasteiger partial charge is 0.507 e. The molecule has 0 fully saturated rings. The van der Waals surface area contributed by atoms with Crippen LogP contribution in [-0.4, -0.2) is 62.8 Å². The highest BCUT2D eigenvalue weighted by molar-refractivity contribution is 5.87. The summed E-state index contributed by atoms with van der Waals surface area (Å²) in [6.07, 6.45) is -0.128. The van der Waals surface area contributed by atoms with Crippen molar-refractivity contribution < 1.29 is 29.3 Å². The number of benzene rings is 5. The van der Waals surface area contributed by atoms with Crippen LogP contribution in [0.5, 0.6) is 5.75 Å². The lowest BCUT2D eigenvalue weighted by molar-refractivity contribution is -0.143. The van der Waals surface area contributed by atoms with Gasteiger partial charge in [0, 0.05) is 36.1 Å². The average Bonchev–Trinajstić information content (AvgIpc) is 3.20. The number of phenolic OH excluding ortho intramolecular Hbond substituents is 1. The SMILES string of the molecule is C=C(C)C(=O)OCC(O)COCCCC(=O)Cc1ccc(-c2nc(-c3ccc(-c4ccccc4)cc3)nc(-c3ccc(-c4ccccc4)cc3)n2)c(O)c1. The number of aliphatic hydroxyl groups excluding tert-OH is 1. The van der Waals surface area contributed by atoms with Gasteiger partial charge in [-0.05, 0) is 53.3 Å². The molecule has 0 bridgehead atoms. The lowest BCUT2D eigenvalue weighted by atomic mass is 10.0. The lowest BCUT2D eigenvalue weighted by Crippen LogP contribution is -2.24. The number of ketones is 1. The van der Waals surface area contributed by atoms with Gasteiger partial charge in [0.1, 0.15) is 24.2 Å². The highest BCUT2D eigenvalue weighted by atomic mass is 16.5. The van der Waals surface area contributed by atoms with Gasteiger partial charge in [-0.3, -0.25) is 4.79 Å². The quantitative estimate of drug-likeness (QED) is 0.0576. The van der Waals surface area contributed by atoms with Crippen molar-refractivity contribution in [2.75, 3.05) is 19.8 Å². The van der Waals surface area contributed by atoms with E-state index in [2.05, 4.69) is 30.8 Å². The van der Waals surface area contributed by atoms with E-state index in [0.29, 0.717) is 35.0 Å². The summed E-state index contributed by atoms with van der Waals surface area (Å²) < 4.78 is 10.3. The van der Waals surface area contributed by atoms with Gasteiger partial charge in [-0.1, -0.05) is 122 Å². The molecular formula is C45H41N3O6. The fourth-order valence-corrected chi connectivity index (χ4v) is 5.77. The molecule has 0 amide bonds. The van der Waals surface area contributed by atoms with Crippen LogP contribution in [-0.2, 0) is 25.5 Å². The van der Waals surface area contributed by atoms with E-state index in [9.17, 15) is 19.8 Å². The van der Waals surface area contributed by atoms with Crippen LogP contribution in [0, 0.1) is 0 Å². The van der Waals surface area contributed by atoms with Crippen molar-refractivity contribution in [1.82, 2.24) is 15.0 Å². The number of aromatic hydroxyl groups is 1. The van der Waals surface area contributed by atoms with Gasteiger partial charge in [0.15, 0.2) is 17.5 Å². The number of nitrogens with zero attached hydrogens (tertiary/aromatic N) is 3. The number of hydrogen-bond acceptors (Lipinski definition) is 9. The minimum absolute atomic E-state index is 0.0223. The van der Waals surface area contributed by atoms with Crippen molar-refractivity contribution >= 4 is 11.8 Å². The van der Waals surface area contributed by atoms with E-state index in [-0.39, 0.29) is 49.8 Å². The summed E-state index contributed by atoms with van der Waals surface area (Å²) in [4.78, 5) is 38.7. The maximum Gasteiger partial charge on any atom is 0.333 e. The summed E-state index contributed by atoms with van der Waals surface area (Å²) in [5.74, 6) is 0.581. The number of rotatable bonds is 16. The third-order valence-electron chi connectivity index (χ3n) is 8.65. The third-order valence-corrected chi connectivity index (χ3v) is 8.65. The summed E-state index contributed by atoms with van der Waals surface area (Å²) in [7, 11) is 0. The molecule has 0 saturated heterocycles. The molecule has 6 aromatic rings.